The minimum absolute atomic E-state index is 0.511. The molecule has 0 amide bonds. The van der Waals surface area contributed by atoms with Gasteiger partial charge in [-0.15, -0.1) is 0 Å². The Morgan fingerprint density at radius 2 is 2.10 bits per heavy atom. The van der Waals surface area contributed by atoms with Gasteiger partial charge in [0.15, 0.2) is 0 Å². The largest absolute Gasteiger partial charge is 0.481 e. The predicted octanol–water partition coefficient (Wildman–Crippen LogP) is 4.57. The van der Waals surface area contributed by atoms with Crippen LogP contribution in [-0.4, -0.2) is 29.1 Å². The molecule has 2 rings (SSSR count). The molecule has 1 aliphatic rings. The minimum Gasteiger partial charge on any atom is -0.481 e. The van der Waals surface area contributed by atoms with E-state index in [2.05, 4.69) is 33.8 Å². The first-order chi connectivity index (χ1) is 9.97. The molecule has 1 aromatic carbocycles. The molecule has 1 aromatic rings. The van der Waals surface area contributed by atoms with Gasteiger partial charge in [0, 0.05) is 11.0 Å². The summed E-state index contributed by atoms with van der Waals surface area (Å²) in [5, 5.41) is 10.2. The van der Waals surface area contributed by atoms with Crippen LogP contribution < -0.4 is 0 Å². The molecule has 1 N–H and O–H groups in total. The monoisotopic (exact) mass is 373 g/mol. The highest BCUT2D eigenvalue weighted by atomic mass is 79.9. The lowest BCUT2D eigenvalue weighted by molar-refractivity contribution is -0.152. The van der Waals surface area contributed by atoms with Crippen LogP contribution in [0.15, 0.2) is 22.7 Å². The van der Waals surface area contributed by atoms with E-state index < -0.39 is 11.4 Å². The number of likely N-dealkylation sites (tertiary alicyclic amines) is 1. The van der Waals surface area contributed by atoms with Gasteiger partial charge in [-0.3, -0.25) is 9.69 Å². The second kappa shape index (κ2) is 7.12. The maximum Gasteiger partial charge on any atom is 0.309 e. The van der Waals surface area contributed by atoms with Gasteiger partial charge < -0.3 is 5.11 Å². The lowest BCUT2D eigenvalue weighted by atomic mass is 9.75. The molecule has 0 unspecified atom stereocenters. The van der Waals surface area contributed by atoms with Crippen molar-refractivity contribution in [2.75, 3.05) is 13.1 Å². The first-order valence-electron chi connectivity index (χ1n) is 7.36. The van der Waals surface area contributed by atoms with Gasteiger partial charge in [0.1, 0.15) is 0 Å². The Balaban J connectivity index is 1.97. The predicted molar refractivity (Wildman–Crippen MR) is 88.6 cm³/mol. The van der Waals surface area contributed by atoms with E-state index in [1.165, 1.54) is 5.56 Å². The maximum absolute atomic E-state index is 11.6. The molecule has 1 fully saturated rings. The standard InChI is InChI=1S/C16H21BrClNO2/c1-2-5-16(15(20)21)6-8-19(9-7-16)11-12-3-4-13(17)14(18)10-12/h3-4,10H,2,5-9,11H2,1H3,(H,20,21). The van der Waals surface area contributed by atoms with E-state index in [-0.39, 0.29) is 0 Å². The van der Waals surface area contributed by atoms with Gasteiger partial charge in [0.05, 0.1) is 10.4 Å². The van der Waals surface area contributed by atoms with E-state index in [1.54, 1.807) is 0 Å². The number of rotatable bonds is 5. The highest BCUT2D eigenvalue weighted by Gasteiger charge is 2.40. The van der Waals surface area contributed by atoms with Gasteiger partial charge in [-0.2, -0.15) is 0 Å². The molecule has 0 spiro atoms. The zero-order valence-corrected chi connectivity index (χ0v) is 14.6. The van der Waals surface area contributed by atoms with E-state index in [0.29, 0.717) is 0 Å². The summed E-state index contributed by atoms with van der Waals surface area (Å²) in [5.74, 6) is -0.629. The van der Waals surface area contributed by atoms with Gasteiger partial charge in [-0.25, -0.2) is 0 Å². The Labute approximate surface area is 139 Å². The number of hydrogen-bond donors (Lipinski definition) is 1. The first-order valence-corrected chi connectivity index (χ1v) is 8.53. The van der Waals surface area contributed by atoms with Gasteiger partial charge in [0.2, 0.25) is 0 Å². The van der Waals surface area contributed by atoms with Gasteiger partial charge >= 0.3 is 5.97 Å². The Kier molecular flexibility index (Phi) is 5.69. The average molecular weight is 375 g/mol. The molecule has 1 heterocycles. The van der Waals surface area contributed by atoms with Crippen LogP contribution in [0.1, 0.15) is 38.2 Å². The van der Waals surface area contributed by atoms with E-state index in [0.717, 1.165) is 54.8 Å². The minimum atomic E-state index is -0.629. The zero-order chi connectivity index (χ0) is 15.5. The SMILES string of the molecule is CCCC1(C(=O)O)CCN(Cc2ccc(Br)c(Cl)c2)CC1. The molecule has 0 radical (unpaired) electrons. The molecule has 0 aliphatic carbocycles. The summed E-state index contributed by atoms with van der Waals surface area (Å²) in [7, 11) is 0. The van der Waals surface area contributed by atoms with E-state index in [9.17, 15) is 9.90 Å². The molecule has 5 heteroatoms. The summed E-state index contributed by atoms with van der Waals surface area (Å²) in [6.07, 6.45) is 3.18. The van der Waals surface area contributed by atoms with Crippen molar-refractivity contribution in [1.82, 2.24) is 4.90 Å². The molecule has 3 nitrogen and oxygen atoms in total. The summed E-state index contributed by atoms with van der Waals surface area (Å²) >= 11 is 9.51. The van der Waals surface area contributed by atoms with Crippen molar-refractivity contribution in [3.05, 3.63) is 33.3 Å². The normalized spacial score (nSPS) is 18.6. The van der Waals surface area contributed by atoms with Crippen LogP contribution in [-0.2, 0) is 11.3 Å². The van der Waals surface area contributed by atoms with Crippen molar-refractivity contribution in [2.45, 2.75) is 39.2 Å². The summed E-state index contributed by atoms with van der Waals surface area (Å²) in [6, 6.07) is 5.98. The third kappa shape index (κ3) is 3.99. The van der Waals surface area contributed by atoms with Crippen LogP contribution in [0, 0.1) is 5.41 Å². The quantitative estimate of drug-likeness (QED) is 0.820. The van der Waals surface area contributed by atoms with Crippen molar-refractivity contribution in [3.63, 3.8) is 0 Å². The number of nitrogens with zero attached hydrogens (tertiary/aromatic N) is 1. The first kappa shape index (κ1) is 16.8. The molecular weight excluding hydrogens is 354 g/mol. The second-order valence-electron chi connectivity index (χ2n) is 5.86. The number of carboxylic acid groups (broad SMARTS) is 1. The lowest BCUT2D eigenvalue weighted by Gasteiger charge is -2.38. The molecule has 1 saturated heterocycles. The number of aliphatic carboxylic acids is 1. The van der Waals surface area contributed by atoms with E-state index in [1.807, 2.05) is 12.1 Å². The van der Waals surface area contributed by atoms with Crippen molar-refractivity contribution in [3.8, 4) is 0 Å². The average Bonchev–Trinajstić information content (AvgIpc) is 2.45. The fraction of sp³-hybridized carbons (Fsp3) is 0.562. The van der Waals surface area contributed by atoms with Gasteiger partial charge in [-0.1, -0.05) is 31.0 Å². The summed E-state index contributed by atoms with van der Waals surface area (Å²) in [6.45, 7) is 4.55. The van der Waals surface area contributed by atoms with Crippen molar-refractivity contribution in [2.24, 2.45) is 5.41 Å². The van der Waals surface area contributed by atoms with Crippen molar-refractivity contribution in [1.29, 1.82) is 0 Å². The zero-order valence-electron chi connectivity index (χ0n) is 12.2. The number of halogens is 2. The Morgan fingerprint density at radius 3 is 2.62 bits per heavy atom. The fourth-order valence-electron chi connectivity index (χ4n) is 3.08. The molecule has 0 bridgehead atoms. The highest BCUT2D eigenvalue weighted by molar-refractivity contribution is 9.10. The van der Waals surface area contributed by atoms with E-state index in [4.69, 9.17) is 11.6 Å². The van der Waals surface area contributed by atoms with Crippen LogP contribution in [0.4, 0.5) is 0 Å². The smallest absolute Gasteiger partial charge is 0.309 e. The number of piperidine rings is 1. The third-order valence-electron chi connectivity index (χ3n) is 4.39. The van der Waals surface area contributed by atoms with E-state index >= 15 is 0 Å². The van der Waals surface area contributed by atoms with Crippen LogP contribution >= 0.6 is 27.5 Å². The molecule has 0 saturated carbocycles. The number of carboxylic acids is 1. The summed E-state index contributed by atoms with van der Waals surface area (Å²) < 4.78 is 0.902. The topological polar surface area (TPSA) is 40.5 Å². The Bertz CT molecular complexity index is 513. The lowest BCUT2D eigenvalue weighted by Crippen LogP contribution is -2.44. The van der Waals surface area contributed by atoms with Crippen LogP contribution in [0.2, 0.25) is 5.02 Å². The molecule has 0 aromatic heterocycles. The molecular formula is C16H21BrClNO2. The number of hydrogen-bond acceptors (Lipinski definition) is 2. The van der Waals surface area contributed by atoms with Gasteiger partial charge in [-0.05, 0) is 66.0 Å². The number of carbonyl (C=O) groups is 1. The van der Waals surface area contributed by atoms with Crippen LogP contribution in [0.5, 0.6) is 0 Å². The fourth-order valence-corrected chi connectivity index (χ4v) is 3.53. The molecule has 0 atom stereocenters. The maximum atomic E-state index is 11.6. The van der Waals surface area contributed by atoms with Crippen molar-refractivity contribution >= 4 is 33.5 Å². The van der Waals surface area contributed by atoms with Crippen LogP contribution in [0.25, 0.3) is 0 Å². The Morgan fingerprint density at radius 1 is 1.43 bits per heavy atom. The highest BCUT2D eigenvalue weighted by Crippen LogP contribution is 2.37. The van der Waals surface area contributed by atoms with Crippen LogP contribution in [0.3, 0.4) is 0 Å². The number of benzene rings is 1. The molecule has 21 heavy (non-hydrogen) atoms. The Hall–Kier alpha value is -0.580. The molecule has 1 aliphatic heterocycles. The van der Waals surface area contributed by atoms with Gasteiger partial charge in [0.25, 0.3) is 0 Å². The summed E-state index contributed by atoms with van der Waals surface area (Å²) in [5.41, 5.74) is 0.657. The molecule has 116 valence electrons. The second-order valence-corrected chi connectivity index (χ2v) is 7.12. The van der Waals surface area contributed by atoms with Crippen molar-refractivity contribution < 1.29 is 9.90 Å². The third-order valence-corrected chi connectivity index (χ3v) is 5.62. The summed E-state index contributed by atoms with van der Waals surface area (Å²) in [4.78, 5) is 13.9.